The summed E-state index contributed by atoms with van der Waals surface area (Å²) >= 11 is 3.47. The Kier molecular flexibility index (Phi) is 5.60. The van der Waals surface area contributed by atoms with Gasteiger partial charge in [-0.1, -0.05) is 6.92 Å². The lowest BCUT2D eigenvalue weighted by atomic mass is 10.1. The highest BCUT2D eigenvalue weighted by atomic mass is 79.9. The molecule has 1 unspecified atom stereocenters. The van der Waals surface area contributed by atoms with Crippen LogP contribution in [0.2, 0.25) is 0 Å². The third-order valence-electron chi connectivity index (χ3n) is 3.76. The maximum absolute atomic E-state index is 12.3. The van der Waals surface area contributed by atoms with E-state index >= 15 is 0 Å². The van der Waals surface area contributed by atoms with Gasteiger partial charge in [0.25, 0.3) is 5.56 Å². The van der Waals surface area contributed by atoms with E-state index in [1.54, 1.807) is 0 Å². The predicted molar refractivity (Wildman–Crippen MR) is 85.4 cm³/mol. The molecule has 0 bridgehead atoms. The molecule has 20 heavy (non-hydrogen) atoms. The molecule has 112 valence electrons. The lowest BCUT2D eigenvalue weighted by molar-refractivity contribution is 0.433. The van der Waals surface area contributed by atoms with Crippen LogP contribution in [-0.4, -0.2) is 35.5 Å². The van der Waals surface area contributed by atoms with Crippen LogP contribution in [0.15, 0.2) is 15.5 Å². The van der Waals surface area contributed by atoms with E-state index in [0.29, 0.717) is 17.1 Å². The first-order valence-corrected chi connectivity index (χ1v) is 8.21. The summed E-state index contributed by atoms with van der Waals surface area (Å²) < 4.78 is 2.16. The van der Waals surface area contributed by atoms with Crippen LogP contribution in [0.1, 0.15) is 33.1 Å². The van der Waals surface area contributed by atoms with Crippen LogP contribution in [0.5, 0.6) is 0 Å². The van der Waals surface area contributed by atoms with Crippen molar-refractivity contribution in [2.75, 3.05) is 24.5 Å². The molecule has 0 spiro atoms. The number of aryl methyl sites for hydroxylation is 1. The van der Waals surface area contributed by atoms with E-state index in [2.05, 4.69) is 38.2 Å². The zero-order chi connectivity index (χ0) is 14.5. The van der Waals surface area contributed by atoms with E-state index in [1.807, 2.05) is 13.1 Å². The summed E-state index contributed by atoms with van der Waals surface area (Å²) in [5.41, 5.74) is 0.880. The second-order valence-corrected chi connectivity index (χ2v) is 5.95. The van der Waals surface area contributed by atoms with E-state index in [4.69, 9.17) is 0 Å². The second-order valence-electron chi connectivity index (χ2n) is 5.16. The Balaban J connectivity index is 2.30. The van der Waals surface area contributed by atoms with Crippen molar-refractivity contribution in [2.24, 2.45) is 0 Å². The lowest BCUT2D eigenvalue weighted by Crippen LogP contribution is -2.46. The predicted octanol–water partition coefficient (Wildman–Crippen LogP) is 1.99. The van der Waals surface area contributed by atoms with Gasteiger partial charge in [0, 0.05) is 25.7 Å². The van der Waals surface area contributed by atoms with Crippen molar-refractivity contribution >= 4 is 21.6 Å². The zero-order valence-electron chi connectivity index (χ0n) is 12.2. The Morgan fingerprint density at radius 1 is 1.55 bits per heavy atom. The summed E-state index contributed by atoms with van der Waals surface area (Å²) in [6.07, 6.45) is 5.06. The van der Waals surface area contributed by atoms with Gasteiger partial charge < -0.3 is 10.2 Å². The highest BCUT2D eigenvalue weighted by molar-refractivity contribution is 9.10. The first-order chi connectivity index (χ1) is 9.69. The molecule has 1 N–H and O–H groups in total. The molecule has 2 heterocycles. The van der Waals surface area contributed by atoms with E-state index in [1.165, 1.54) is 11.1 Å². The number of nitrogens with one attached hydrogen (secondary N) is 1. The topological polar surface area (TPSA) is 50.2 Å². The lowest BCUT2D eigenvalue weighted by Gasteiger charge is -2.35. The van der Waals surface area contributed by atoms with Crippen LogP contribution in [-0.2, 0) is 6.54 Å². The number of nitrogens with zero attached hydrogens (tertiary/aromatic N) is 3. The molecule has 0 aliphatic carbocycles. The Morgan fingerprint density at radius 2 is 2.35 bits per heavy atom. The largest absolute Gasteiger partial charge is 0.365 e. The average Bonchev–Trinajstić information content (AvgIpc) is 2.48. The highest BCUT2D eigenvalue weighted by Gasteiger charge is 2.23. The third kappa shape index (κ3) is 3.23. The van der Waals surface area contributed by atoms with Gasteiger partial charge in [0.05, 0.1) is 11.9 Å². The van der Waals surface area contributed by atoms with E-state index in [-0.39, 0.29) is 5.56 Å². The van der Waals surface area contributed by atoms with Crippen molar-refractivity contribution in [1.29, 1.82) is 0 Å². The molecule has 0 radical (unpaired) electrons. The van der Waals surface area contributed by atoms with Gasteiger partial charge in [0.1, 0.15) is 4.47 Å². The summed E-state index contributed by atoms with van der Waals surface area (Å²) in [4.78, 5) is 14.6. The Hall–Kier alpha value is -0.880. The number of aromatic nitrogens is 2. The van der Waals surface area contributed by atoms with Crippen LogP contribution in [0.4, 0.5) is 5.69 Å². The number of piperidine rings is 1. The third-order valence-corrected chi connectivity index (χ3v) is 4.51. The standard InChI is InChI=1S/C14H23BrN4O/c1-3-8-19-14(20)13(15)12(10-17-19)18(4-2)11-6-5-7-16-9-11/h10-11,16H,3-9H2,1-2H3. The van der Waals surface area contributed by atoms with Gasteiger partial charge in [-0.3, -0.25) is 4.79 Å². The first kappa shape index (κ1) is 15.5. The molecular formula is C14H23BrN4O. The second kappa shape index (κ2) is 7.22. The molecule has 1 aromatic rings. The average molecular weight is 343 g/mol. The molecule has 1 aliphatic heterocycles. The fourth-order valence-corrected chi connectivity index (χ4v) is 3.29. The first-order valence-electron chi connectivity index (χ1n) is 7.42. The van der Waals surface area contributed by atoms with Crippen LogP contribution < -0.4 is 15.8 Å². The smallest absolute Gasteiger partial charge is 0.283 e. The number of hydrogen-bond donors (Lipinski definition) is 1. The summed E-state index contributed by atoms with van der Waals surface area (Å²) in [6, 6.07) is 0.438. The molecule has 0 saturated carbocycles. The molecule has 1 aliphatic rings. The Morgan fingerprint density at radius 3 is 2.95 bits per heavy atom. The van der Waals surface area contributed by atoms with Crippen LogP contribution >= 0.6 is 15.9 Å². The van der Waals surface area contributed by atoms with Gasteiger partial charge in [0.2, 0.25) is 0 Å². The van der Waals surface area contributed by atoms with Gasteiger partial charge in [-0.25, -0.2) is 4.68 Å². The number of likely N-dealkylation sites (N-methyl/N-ethyl adjacent to an activating group) is 1. The van der Waals surface area contributed by atoms with Crippen molar-refractivity contribution in [3.05, 3.63) is 21.0 Å². The van der Waals surface area contributed by atoms with Gasteiger partial charge in [-0.2, -0.15) is 5.10 Å². The van der Waals surface area contributed by atoms with Crippen LogP contribution in [0.3, 0.4) is 0 Å². The van der Waals surface area contributed by atoms with E-state index in [0.717, 1.165) is 38.2 Å². The molecule has 1 saturated heterocycles. The van der Waals surface area contributed by atoms with Crippen molar-refractivity contribution in [3.63, 3.8) is 0 Å². The highest BCUT2D eigenvalue weighted by Crippen LogP contribution is 2.25. The van der Waals surface area contributed by atoms with Crippen molar-refractivity contribution in [1.82, 2.24) is 15.1 Å². The molecule has 1 fully saturated rings. The minimum Gasteiger partial charge on any atom is -0.365 e. The zero-order valence-corrected chi connectivity index (χ0v) is 13.8. The summed E-state index contributed by atoms with van der Waals surface area (Å²) in [5, 5.41) is 7.73. The van der Waals surface area contributed by atoms with Gasteiger partial charge >= 0.3 is 0 Å². The van der Waals surface area contributed by atoms with Gasteiger partial charge in [-0.05, 0) is 48.7 Å². The number of anilines is 1. The Bertz CT molecular complexity index is 496. The van der Waals surface area contributed by atoms with Crippen molar-refractivity contribution < 1.29 is 0 Å². The number of hydrogen-bond acceptors (Lipinski definition) is 4. The Labute approximate surface area is 128 Å². The van der Waals surface area contributed by atoms with E-state index in [9.17, 15) is 4.79 Å². The molecule has 0 aromatic carbocycles. The number of rotatable bonds is 5. The fourth-order valence-electron chi connectivity index (χ4n) is 2.75. The van der Waals surface area contributed by atoms with Crippen molar-refractivity contribution in [3.8, 4) is 0 Å². The van der Waals surface area contributed by atoms with E-state index < -0.39 is 0 Å². The summed E-state index contributed by atoms with van der Waals surface area (Å²) in [7, 11) is 0. The molecule has 1 aromatic heterocycles. The van der Waals surface area contributed by atoms with Gasteiger partial charge in [0.15, 0.2) is 0 Å². The molecule has 1 atom stereocenters. The maximum atomic E-state index is 12.3. The van der Waals surface area contributed by atoms with Crippen molar-refractivity contribution in [2.45, 2.75) is 45.7 Å². The van der Waals surface area contributed by atoms with Crippen LogP contribution in [0, 0.1) is 0 Å². The maximum Gasteiger partial charge on any atom is 0.283 e. The molecule has 0 amide bonds. The molecular weight excluding hydrogens is 320 g/mol. The molecule has 6 heteroatoms. The minimum atomic E-state index is -0.0356. The normalized spacial score (nSPS) is 19.1. The van der Waals surface area contributed by atoms with Gasteiger partial charge in [-0.15, -0.1) is 0 Å². The number of halogens is 1. The minimum absolute atomic E-state index is 0.0356. The quantitative estimate of drug-likeness (QED) is 0.888. The summed E-state index contributed by atoms with van der Waals surface area (Å²) in [5.74, 6) is 0. The monoisotopic (exact) mass is 342 g/mol. The van der Waals surface area contributed by atoms with Crippen LogP contribution in [0.25, 0.3) is 0 Å². The summed E-state index contributed by atoms with van der Waals surface area (Å²) in [6.45, 7) is 7.77. The molecule has 5 nitrogen and oxygen atoms in total. The fraction of sp³-hybridized carbons (Fsp3) is 0.714. The molecule has 2 rings (SSSR count). The SMILES string of the molecule is CCCn1ncc(N(CC)C2CCCNC2)c(Br)c1=O.